The Morgan fingerprint density at radius 1 is 0.966 bits per heavy atom. The molecule has 1 heterocycles. The van der Waals surface area contributed by atoms with Gasteiger partial charge in [-0.05, 0) is 61.7 Å². The monoisotopic (exact) mass is 431 g/mol. The first kappa shape index (κ1) is 21.2. The molecule has 0 amide bonds. The molecule has 1 N–H and O–H groups in total. The number of halogens is 1. The van der Waals surface area contributed by atoms with Crippen LogP contribution < -0.4 is 10.3 Å². The maximum atomic E-state index is 12.7. The van der Waals surface area contributed by atoms with Crippen LogP contribution in [0.25, 0.3) is 11.3 Å². The zero-order chi connectivity index (χ0) is 21.2. The number of hydrogen-bond donors (Lipinski definition) is 1. The molecular formula is C21H22ClN3O3S. The lowest BCUT2D eigenvalue weighted by Crippen LogP contribution is -2.32. The van der Waals surface area contributed by atoms with E-state index in [-0.39, 0.29) is 23.5 Å². The number of hydrogen-bond acceptors (Lipinski definition) is 4. The summed E-state index contributed by atoms with van der Waals surface area (Å²) >= 11 is 5.91. The number of aryl methyl sites for hydroxylation is 3. The molecule has 0 fully saturated rings. The van der Waals surface area contributed by atoms with Crippen molar-refractivity contribution in [1.29, 1.82) is 0 Å². The summed E-state index contributed by atoms with van der Waals surface area (Å²) in [5.41, 5.74) is 3.74. The van der Waals surface area contributed by atoms with Crippen LogP contribution in [0.4, 0.5) is 0 Å². The summed E-state index contributed by atoms with van der Waals surface area (Å²) in [6.07, 6.45) is 0. The maximum absolute atomic E-state index is 12.7. The van der Waals surface area contributed by atoms with Gasteiger partial charge in [0.25, 0.3) is 5.56 Å². The lowest BCUT2D eigenvalue weighted by atomic mass is 10.1. The van der Waals surface area contributed by atoms with Gasteiger partial charge >= 0.3 is 0 Å². The fourth-order valence-corrected chi connectivity index (χ4v) is 4.43. The molecule has 0 bridgehead atoms. The van der Waals surface area contributed by atoms with Crippen LogP contribution in [0.2, 0.25) is 5.02 Å². The Bertz CT molecular complexity index is 1200. The van der Waals surface area contributed by atoms with Gasteiger partial charge in [0, 0.05) is 23.2 Å². The van der Waals surface area contributed by atoms with Crippen LogP contribution in [-0.4, -0.2) is 24.7 Å². The first-order valence-electron chi connectivity index (χ1n) is 9.09. The van der Waals surface area contributed by atoms with Gasteiger partial charge in [-0.2, -0.15) is 5.10 Å². The van der Waals surface area contributed by atoms with Gasteiger partial charge in [0.15, 0.2) is 0 Å². The van der Waals surface area contributed by atoms with Crippen LogP contribution in [0.3, 0.4) is 0 Å². The third kappa shape index (κ3) is 4.93. The fraction of sp³-hybridized carbons (Fsp3) is 0.238. The Morgan fingerprint density at radius 2 is 1.62 bits per heavy atom. The highest BCUT2D eigenvalue weighted by Crippen LogP contribution is 2.20. The van der Waals surface area contributed by atoms with Gasteiger partial charge in [0.05, 0.1) is 17.1 Å². The van der Waals surface area contributed by atoms with Crippen molar-refractivity contribution in [2.75, 3.05) is 6.54 Å². The molecule has 0 aliphatic heterocycles. The van der Waals surface area contributed by atoms with Gasteiger partial charge < -0.3 is 0 Å². The molecule has 29 heavy (non-hydrogen) atoms. The molecule has 8 heteroatoms. The van der Waals surface area contributed by atoms with E-state index in [2.05, 4.69) is 9.82 Å². The summed E-state index contributed by atoms with van der Waals surface area (Å²) in [5.74, 6) is 0. The van der Waals surface area contributed by atoms with Crippen molar-refractivity contribution < 1.29 is 8.42 Å². The molecule has 0 atom stereocenters. The second-order valence-corrected chi connectivity index (χ2v) is 9.06. The van der Waals surface area contributed by atoms with E-state index in [1.54, 1.807) is 31.2 Å². The SMILES string of the molecule is Cc1cc(C)c(S(=O)(=O)NCCn2nc(-c3ccc(Cl)cc3)ccc2=O)cc1C. The Balaban J connectivity index is 1.76. The highest BCUT2D eigenvalue weighted by molar-refractivity contribution is 7.89. The number of rotatable bonds is 6. The quantitative estimate of drug-likeness (QED) is 0.648. The van der Waals surface area contributed by atoms with Gasteiger partial charge in [-0.15, -0.1) is 0 Å². The average Bonchev–Trinajstić information content (AvgIpc) is 2.66. The van der Waals surface area contributed by atoms with Gasteiger partial charge in [0.1, 0.15) is 0 Å². The van der Waals surface area contributed by atoms with E-state index in [9.17, 15) is 13.2 Å². The van der Waals surface area contributed by atoms with Crippen molar-refractivity contribution in [3.05, 3.63) is 80.6 Å². The van der Waals surface area contributed by atoms with Crippen molar-refractivity contribution in [3.63, 3.8) is 0 Å². The Hall–Kier alpha value is -2.48. The summed E-state index contributed by atoms with van der Waals surface area (Å²) < 4.78 is 29.2. The van der Waals surface area contributed by atoms with Crippen molar-refractivity contribution in [2.24, 2.45) is 0 Å². The molecule has 1 aromatic heterocycles. The molecule has 0 saturated carbocycles. The van der Waals surface area contributed by atoms with Gasteiger partial charge in [-0.3, -0.25) is 4.79 Å². The zero-order valence-electron chi connectivity index (χ0n) is 16.4. The molecule has 3 aromatic rings. The molecule has 0 aliphatic carbocycles. The van der Waals surface area contributed by atoms with Crippen molar-refractivity contribution in [3.8, 4) is 11.3 Å². The molecule has 0 radical (unpaired) electrons. The Labute approximate surface area is 175 Å². The van der Waals surface area contributed by atoms with E-state index < -0.39 is 10.0 Å². The minimum absolute atomic E-state index is 0.0473. The summed E-state index contributed by atoms with van der Waals surface area (Å²) in [6.45, 7) is 5.75. The predicted molar refractivity (Wildman–Crippen MR) is 115 cm³/mol. The lowest BCUT2D eigenvalue weighted by molar-refractivity contribution is 0.548. The molecular weight excluding hydrogens is 410 g/mol. The maximum Gasteiger partial charge on any atom is 0.266 e. The van der Waals surface area contributed by atoms with Crippen molar-refractivity contribution >= 4 is 21.6 Å². The second-order valence-electron chi connectivity index (χ2n) is 6.89. The van der Waals surface area contributed by atoms with Crippen LogP contribution in [0.15, 0.2) is 58.2 Å². The molecule has 6 nitrogen and oxygen atoms in total. The van der Waals surface area contributed by atoms with E-state index in [1.807, 2.05) is 32.0 Å². The fourth-order valence-electron chi connectivity index (χ4n) is 2.97. The smallest absolute Gasteiger partial charge is 0.266 e. The van der Waals surface area contributed by atoms with Crippen molar-refractivity contribution in [2.45, 2.75) is 32.2 Å². The standard InChI is InChI=1S/C21H22ClN3O3S/c1-14-12-16(3)20(13-15(14)2)29(27,28)23-10-11-25-21(26)9-8-19(24-25)17-4-6-18(22)7-5-17/h4-9,12-13,23H,10-11H2,1-3H3. The van der Waals surface area contributed by atoms with Crippen LogP contribution in [0, 0.1) is 20.8 Å². The molecule has 2 aromatic carbocycles. The van der Waals surface area contributed by atoms with E-state index in [0.29, 0.717) is 16.3 Å². The number of nitrogens with one attached hydrogen (secondary N) is 1. The minimum atomic E-state index is -3.69. The van der Waals surface area contributed by atoms with E-state index in [1.165, 1.54) is 10.7 Å². The zero-order valence-corrected chi connectivity index (χ0v) is 18.0. The number of aromatic nitrogens is 2. The summed E-state index contributed by atoms with van der Waals surface area (Å²) in [4.78, 5) is 12.4. The van der Waals surface area contributed by atoms with E-state index in [0.717, 1.165) is 16.7 Å². The largest absolute Gasteiger partial charge is 0.268 e. The molecule has 0 aliphatic rings. The highest BCUT2D eigenvalue weighted by Gasteiger charge is 2.17. The summed E-state index contributed by atoms with van der Waals surface area (Å²) in [5, 5.41) is 4.94. The molecule has 3 rings (SSSR count). The van der Waals surface area contributed by atoms with Crippen molar-refractivity contribution in [1.82, 2.24) is 14.5 Å². The molecule has 152 valence electrons. The number of sulfonamides is 1. The molecule has 0 unspecified atom stereocenters. The van der Waals surface area contributed by atoms with Crippen LogP contribution >= 0.6 is 11.6 Å². The summed E-state index contributed by atoms with van der Waals surface area (Å²) in [7, 11) is -3.69. The van der Waals surface area contributed by atoms with Crippen LogP contribution in [-0.2, 0) is 16.6 Å². The van der Waals surface area contributed by atoms with Gasteiger partial charge in [-0.25, -0.2) is 17.8 Å². The van der Waals surface area contributed by atoms with E-state index >= 15 is 0 Å². The summed E-state index contributed by atoms with van der Waals surface area (Å²) in [6, 6.07) is 13.7. The van der Waals surface area contributed by atoms with Gasteiger partial charge in [-0.1, -0.05) is 29.8 Å². The van der Waals surface area contributed by atoms with E-state index in [4.69, 9.17) is 11.6 Å². The topological polar surface area (TPSA) is 81.1 Å². The molecule has 0 saturated heterocycles. The third-order valence-electron chi connectivity index (χ3n) is 4.70. The molecule has 0 spiro atoms. The Kier molecular flexibility index (Phi) is 6.21. The third-order valence-corrected chi connectivity index (χ3v) is 6.56. The minimum Gasteiger partial charge on any atom is -0.268 e. The average molecular weight is 432 g/mol. The normalized spacial score (nSPS) is 11.6. The first-order valence-corrected chi connectivity index (χ1v) is 10.9. The van der Waals surface area contributed by atoms with Crippen LogP contribution in [0.1, 0.15) is 16.7 Å². The predicted octanol–water partition coefficient (Wildman–Crippen LogP) is 3.47. The number of benzene rings is 2. The first-order chi connectivity index (χ1) is 13.7. The second kappa shape index (κ2) is 8.49. The lowest BCUT2D eigenvalue weighted by Gasteiger charge is -2.12. The Morgan fingerprint density at radius 3 is 2.31 bits per heavy atom. The van der Waals surface area contributed by atoms with Gasteiger partial charge in [0.2, 0.25) is 10.0 Å². The highest BCUT2D eigenvalue weighted by atomic mass is 35.5. The van der Waals surface area contributed by atoms with Crippen LogP contribution in [0.5, 0.6) is 0 Å². The number of nitrogens with zero attached hydrogens (tertiary/aromatic N) is 2.